The summed E-state index contributed by atoms with van der Waals surface area (Å²) in [6, 6.07) is 18.0. The van der Waals surface area contributed by atoms with Crippen LogP contribution in [0.25, 0.3) is 22.2 Å². The third-order valence-electron chi connectivity index (χ3n) is 5.68. The Hall–Kier alpha value is -4.60. The van der Waals surface area contributed by atoms with Crippen molar-refractivity contribution in [2.45, 2.75) is 13.0 Å². The van der Waals surface area contributed by atoms with E-state index in [2.05, 4.69) is 0 Å². The molecule has 10 nitrogen and oxygen atoms in total. The monoisotopic (exact) mass is 476 g/mol. The number of ether oxygens (including phenoxy) is 1. The molecule has 0 saturated heterocycles. The van der Waals surface area contributed by atoms with E-state index in [9.17, 15) is 24.3 Å². The number of aliphatic carboxylic acids is 1. The van der Waals surface area contributed by atoms with Gasteiger partial charge in [0.2, 0.25) is 0 Å². The number of aryl methyl sites for hydroxylation is 1. The first-order chi connectivity index (χ1) is 16.8. The topological polar surface area (TPSA) is 116 Å². The van der Waals surface area contributed by atoms with Gasteiger partial charge < -0.3 is 9.84 Å². The second-order valence-corrected chi connectivity index (χ2v) is 7.96. The Morgan fingerprint density at radius 2 is 1.57 bits per heavy atom. The summed E-state index contributed by atoms with van der Waals surface area (Å²) in [5.41, 5.74) is 0.956. The van der Waals surface area contributed by atoms with Crippen LogP contribution >= 0.6 is 0 Å². The van der Waals surface area contributed by atoms with E-state index in [1.807, 2.05) is 24.3 Å². The Labute approximate surface area is 199 Å². The molecule has 2 heterocycles. The van der Waals surface area contributed by atoms with E-state index in [1.54, 1.807) is 36.4 Å². The zero-order valence-electron chi connectivity index (χ0n) is 19.2. The number of rotatable bonds is 7. The number of hydrogen-bond donors (Lipinski definition) is 1. The standard InChI is InChI=1S/C25H24N4O6/c1-26-19-15-29(22(18-11-7-4-8-12-18)21(19)23(32)27(2)24(26)33)28(14-13-20(30)31)25(34)35-16-17-9-5-3-6-10-17/h3-12,15H,13-14,16H2,1-2H3,(H,30,31). The predicted octanol–water partition coefficient (Wildman–Crippen LogP) is 2.46. The number of amides is 1. The van der Waals surface area contributed by atoms with Crippen molar-refractivity contribution < 1.29 is 19.4 Å². The lowest BCUT2D eigenvalue weighted by Gasteiger charge is -2.25. The highest BCUT2D eigenvalue weighted by Crippen LogP contribution is 2.28. The van der Waals surface area contributed by atoms with E-state index in [4.69, 9.17) is 4.74 Å². The van der Waals surface area contributed by atoms with Crippen LogP contribution < -0.4 is 16.3 Å². The summed E-state index contributed by atoms with van der Waals surface area (Å²) in [4.78, 5) is 50.4. The van der Waals surface area contributed by atoms with Gasteiger partial charge in [-0.3, -0.25) is 23.4 Å². The van der Waals surface area contributed by atoms with Crippen LogP contribution in [0.1, 0.15) is 12.0 Å². The van der Waals surface area contributed by atoms with Crippen molar-refractivity contribution in [1.29, 1.82) is 0 Å². The van der Waals surface area contributed by atoms with Gasteiger partial charge in [-0.05, 0) is 5.56 Å². The van der Waals surface area contributed by atoms with Gasteiger partial charge in [0.05, 0.1) is 35.8 Å². The first-order valence-corrected chi connectivity index (χ1v) is 10.9. The van der Waals surface area contributed by atoms with Crippen LogP contribution in [0.15, 0.2) is 76.4 Å². The number of carboxylic acid groups (broad SMARTS) is 1. The Morgan fingerprint density at radius 3 is 2.20 bits per heavy atom. The maximum absolute atomic E-state index is 13.2. The molecule has 180 valence electrons. The Balaban J connectivity index is 1.90. The third-order valence-corrected chi connectivity index (χ3v) is 5.68. The minimum atomic E-state index is -1.10. The second kappa shape index (κ2) is 9.72. The zero-order chi connectivity index (χ0) is 25.1. The summed E-state index contributed by atoms with van der Waals surface area (Å²) >= 11 is 0. The number of carbonyl (C=O) groups is 2. The summed E-state index contributed by atoms with van der Waals surface area (Å²) in [5.74, 6) is -1.10. The van der Waals surface area contributed by atoms with Crippen molar-refractivity contribution >= 4 is 23.0 Å². The second-order valence-electron chi connectivity index (χ2n) is 7.96. The van der Waals surface area contributed by atoms with Crippen molar-refractivity contribution in [3.8, 4) is 11.3 Å². The predicted molar refractivity (Wildman–Crippen MR) is 130 cm³/mol. The van der Waals surface area contributed by atoms with Crippen molar-refractivity contribution in [2.75, 3.05) is 11.6 Å². The molecule has 0 bridgehead atoms. The van der Waals surface area contributed by atoms with Crippen molar-refractivity contribution in [1.82, 2.24) is 13.8 Å². The maximum Gasteiger partial charge on any atom is 0.429 e. The van der Waals surface area contributed by atoms with Gasteiger partial charge in [0.15, 0.2) is 0 Å². The van der Waals surface area contributed by atoms with Gasteiger partial charge in [0.1, 0.15) is 6.61 Å². The smallest absolute Gasteiger partial charge is 0.429 e. The molecule has 2 aromatic heterocycles. The highest BCUT2D eigenvalue weighted by molar-refractivity contribution is 5.95. The lowest BCUT2D eigenvalue weighted by Crippen LogP contribution is -2.42. The molecule has 0 aliphatic rings. The average molecular weight is 476 g/mol. The maximum atomic E-state index is 13.2. The largest absolute Gasteiger partial charge is 0.481 e. The molecule has 0 unspecified atom stereocenters. The molecule has 1 amide bonds. The number of nitrogens with zero attached hydrogens (tertiary/aromatic N) is 4. The fourth-order valence-corrected chi connectivity index (χ4v) is 3.87. The van der Waals surface area contributed by atoms with Gasteiger partial charge in [0.25, 0.3) is 5.56 Å². The summed E-state index contributed by atoms with van der Waals surface area (Å²) in [6.07, 6.45) is 0.320. The highest BCUT2D eigenvalue weighted by atomic mass is 16.6. The van der Waals surface area contributed by atoms with Crippen LogP contribution in [0.4, 0.5) is 4.79 Å². The number of carbonyl (C=O) groups excluding carboxylic acids is 1. The summed E-state index contributed by atoms with van der Waals surface area (Å²) in [7, 11) is 2.91. The summed E-state index contributed by atoms with van der Waals surface area (Å²) < 4.78 is 9.20. The SMILES string of the molecule is Cn1c(=O)c2c(-c3ccccc3)n(N(CCC(=O)O)C(=O)OCc3ccccc3)cc2n(C)c1=O. The number of fused-ring (bicyclic) bond motifs is 1. The van der Waals surface area contributed by atoms with Gasteiger partial charge in [-0.25, -0.2) is 14.6 Å². The number of aromatic nitrogens is 3. The third kappa shape index (κ3) is 4.58. The number of carboxylic acids is 1. The quantitative estimate of drug-likeness (QED) is 0.438. The minimum Gasteiger partial charge on any atom is -0.481 e. The van der Waals surface area contributed by atoms with E-state index >= 15 is 0 Å². The van der Waals surface area contributed by atoms with Crippen LogP contribution in [0.2, 0.25) is 0 Å². The van der Waals surface area contributed by atoms with E-state index in [0.717, 1.165) is 15.1 Å². The summed E-state index contributed by atoms with van der Waals surface area (Å²) in [6.45, 7) is -0.247. The van der Waals surface area contributed by atoms with E-state index < -0.39 is 23.3 Å². The van der Waals surface area contributed by atoms with Crippen molar-refractivity contribution in [3.63, 3.8) is 0 Å². The molecule has 4 rings (SSSR count). The fourth-order valence-electron chi connectivity index (χ4n) is 3.87. The lowest BCUT2D eigenvalue weighted by molar-refractivity contribution is -0.136. The van der Waals surface area contributed by atoms with E-state index in [-0.39, 0.29) is 25.0 Å². The molecule has 2 aromatic carbocycles. The van der Waals surface area contributed by atoms with Crippen LogP contribution in [0.5, 0.6) is 0 Å². The first kappa shape index (κ1) is 23.6. The molecule has 10 heteroatoms. The number of benzene rings is 2. The molecular weight excluding hydrogens is 452 g/mol. The molecule has 0 aliphatic carbocycles. The molecule has 0 saturated carbocycles. The molecule has 0 fully saturated rings. The van der Waals surface area contributed by atoms with Crippen molar-refractivity contribution in [3.05, 3.63) is 93.3 Å². The molecule has 0 atom stereocenters. The molecule has 0 spiro atoms. The van der Waals surface area contributed by atoms with Crippen LogP contribution in [-0.4, -0.2) is 37.5 Å². The van der Waals surface area contributed by atoms with E-state index in [1.165, 1.54) is 29.5 Å². The highest BCUT2D eigenvalue weighted by Gasteiger charge is 2.26. The summed E-state index contributed by atoms with van der Waals surface area (Å²) in [5, 5.41) is 10.6. The van der Waals surface area contributed by atoms with Crippen LogP contribution in [0.3, 0.4) is 0 Å². The molecule has 0 aliphatic heterocycles. The molecule has 35 heavy (non-hydrogen) atoms. The van der Waals surface area contributed by atoms with Gasteiger partial charge in [-0.15, -0.1) is 0 Å². The van der Waals surface area contributed by atoms with Gasteiger partial charge in [0, 0.05) is 19.7 Å². The molecule has 1 N–H and O–H groups in total. The van der Waals surface area contributed by atoms with Gasteiger partial charge in [-0.2, -0.15) is 0 Å². The molecular formula is C25H24N4O6. The Kier molecular flexibility index (Phi) is 6.54. The van der Waals surface area contributed by atoms with Crippen LogP contribution in [0, 0.1) is 0 Å². The molecule has 0 radical (unpaired) electrons. The average Bonchev–Trinajstić information content (AvgIpc) is 3.26. The first-order valence-electron chi connectivity index (χ1n) is 10.9. The Morgan fingerprint density at radius 1 is 0.943 bits per heavy atom. The van der Waals surface area contributed by atoms with Crippen LogP contribution in [-0.2, 0) is 30.2 Å². The lowest BCUT2D eigenvalue weighted by atomic mass is 10.1. The zero-order valence-corrected chi connectivity index (χ0v) is 19.2. The normalized spacial score (nSPS) is 10.9. The minimum absolute atomic E-state index is 0.0229. The van der Waals surface area contributed by atoms with E-state index in [0.29, 0.717) is 16.8 Å². The van der Waals surface area contributed by atoms with Crippen molar-refractivity contribution in [2.24, 2.45) is 14.1 Å². The fraction of sp³-hybridized carbons (Fsp3) is 0.200. The Bertz CT molecular complexity index is 1500. The van der Waals surface area contributed by atoms with Gasteiger partial charge in [-0.1, -0.05) is 60.7 Å². The number of hydrogen-bond acceptors (Lipinski definition) is 5. The van der Waals surface area contributed by atoms with Gasteiger partial charge >= 0.3 is 17.8 Å². The molecule has 4 aromatic rings.